The molecule has 0 bridgehead atoms. The molecule has 2 nitrogen and oxygen atoms in total. The fourth-order valence-electron chi connectivity index (χ4n) is 1.62. The highest BCUT2D eigenvalue weighted by Crippen LogP contribution is 2.12. The van der Waals surface area contributed by atoms with Crippen molar-refractivity contribution < 1.29 is 8.42 Å². The molecular formula is C12H18O2S. The van der Waals surface area contributed by atoms with Crippen LogP contribution in [-0.2, 0) is 22.0 Å². The van der Waals surface area contributed by atoms with Crippen LogP contribution in [0.15, 0.2) is 24.3 Å². The minimum Gasteiger partial charge on any atom is -0.229 e. The van der Waals surface area contributed by atoms with Gasteiger partial charge in [0.2, 0.25) is 0 Å². The van der Waals surface area contributed by atoms with E-state index in [4.69, 9.17) is 0 Å². The lowest BCUT2D eigenvalue weighted by Gasteiger charge is -2.06. The van der Waals surface area contributed by atoms with Crippen molar-refractivity contribution in [2.45, 2.75) is 26.0 Å². The summed E-state index contributed by atoms with van der Waals surface area (Å²) in [5.74, 6) is 0.734. The molecule has 0 N–H and O–H groups in total. The van der Waals surface area contributed by atoms with Crippen molar-refractivity contribution in [3.63, 3.8) is 0 Å². The second-order valence-corrected chi connectivity index (χ2v) is 6.63. The summed E-state index contributed by atoms with van der Waals surface area (Å²) in [6, 6.07) is 7.83. The van der Waals surface area contributed by atoms with Gasteiger partial charge < -0.3 is 0 Å². The molecule has 0 aliphatic rings. The molecular weight excluding hydrogens is 208 g/mol. The van der Waals surface area contributed by atoms with E-state index in [1.807, 2.05) is 24.3 Å². The van der Waals surface area contributed by atoms with Crippen LogP contribution in [0, 0.1) is 5.92 Å². The van der Waals surface area contributed by atoms with E-state index in [0.29, 0.717) is 5.92 Å². The van der Waals surface area contributed by atoms with Gasteiger partial charge in [0.15, 0.2) is 9.84 Å². The van der Waals surface area contributed by atoms with Gasteiger partial charge in [-0.1, -0.05) is 38.1 Å². The lowest BCUT2D eigenvalue weighted by Crippen LogP contribution is -2.02. The van der Waals surface area contributed by atoms with E-state index >= 15 is 0 Å². The Morgan fingerprint density at radius 1 is 1.20 bits per heavy atom. The maximum Gasteiger partial charge on any atom is 0.151 e. The van der Waals surface area contributed by atoms with Crippen LogP contribution in [0.3, 0.4) is 0 Å². The van der Waals surface area contributed by atoms with Crippen molar-refractivity contribution in [3.8, 4) is 0 Å². The maximum absolute atomic E-state index is 11.1. The molecule has 3 heteroatoms. The van der Waals surface area contributed by atoms with Gasteiger partial charge in [0, 0.05) is 6.26 Å². The summed E-state index contributed by atoms with van der Waals surface area (Å²) in [5, 5.41) is 0. The third-order valence-corrected chi connectivity index (χ3v) is 2.92. The first kappa shape index (κ1) is 12.2. The van der Waals surface area contributed by atoms with Crippen molar-refractivity contribution in [2.75, 3.05) is 6.26 Å². The highest BCUT2D eigenvalue weighted by Gasteiger charge is 2.05. The molecule has 0 aromatic heterocycles. The van der Waals surface area contributed by atoms with Gasteiger partial charge in [-0.05, 0) is 23.5 Å². The molecule has 0 radical (unpaired) electrons. The maximum atomic E-state index is 11.1. The van der Waals surface area contributed by atoms with Crippen molar-refractivity contribution in [3.05, 3.63) is 35.4 Å². The highest BCUT2D eigenvalue weighted by molar-refractivity contribution is 7.89. The number of hydrogen-bond acceptors (Lipinski definition) is 2. The Hall–Kier alpha value is -0.830. The van der Waals surface area contributed by atoms with E-state index < -0.39 is 9.84 Å². The van der Waals surface area contributed by atoms with Crippen LogP contribution < -0.4 is 0 Å². The van der Waals surface area contributed by atoms with Gasteiger partial charge in [-0.25, -0.2) is 8.42 Å². The highest BCUT2D eigenvalue weighted by atomic mass is 32.2. The van der Waals surface area contributed by atoms with Gasteiger partial charge >= 0.3 is 0 Å². The smallest absolute Gasteiger partial charge is 0.151 e. The molecule has 0 fully saturated rings. The predicted molar refractivity (Wildman–Crippen MR) is 63.5 cm³/mol. The van der Waals surface area contributed by atoms with E-state index in [-0.39, 0.29) is 5.75 Å². The Labute approximate surface area is 92.2 Å². The average molecular weight is 226 g/mol. The van der Waals surface area contributed by atoms with Gasteiger partial charge in [-0.3, -0.25) is 0 Å². The molecule has 0 saturated heterocycles. The Morgan fingerprint density at radius 2 is 1.80 bits per heavy atom. The van der Waals surface area contributed by atoms with E-state index in [2.05, 4.69) is 13.8 Å². The van der Waals surface area contributed by atoms with Crippen molar-refractivity contribution in [1.82, 2.24) is 0 Å². The summed E-state index contributed by atoms with van der Waals surface area (Å²) in [6.45, 7) is 4.31. The molecule has 1 aromatic carbocycles. The topological polar surface area (TPSA) is 34.1 Å². The Morgan fingerprint density at radius 3 is 2.33 bits per heavy atom. The summed E-state index contributed by atoms with van der Waals surface area (Å²) in [5.41, 5.74) is 2.10. The summed E-state index contributed by atoms with van der Waals surface area (Å²) < 4.78 is 22.3. The van der Waals surface area contributed by atoms with Gasteiger partial charge in [-0.2, -0.15) is 0 Å². The van der Waals surface area contributed by atoms with E-state index in [9.17, 15) is 8.42 Å². The third kappa shape index (κ3) is 4.98. The monoisotopic (exact) mass is 226 g/mol. The molecule has 15 heavy (non-hydrogen) atoms. The van der Waals surface area contributed by atoms with Crippen molar-refractivity contribution in [2.24, 2.45) is 5.92 Å². The molecule has 0 atom stereocenters. The van der Waals surface area contributed by atoms with Crippen LogP contribution in [-0.4, -0.2) is 14.7 Å². The molecule has 84 valence electrons. The zero-order valence-electron chi connectivity index (χ0n) is 9.53. The number of rotatable bonds is 4. The third-order valence-electron chi connectivity index (χ3n) is 2.06. The van der Waals surface area contributed by atoms with Crippen LogP contribution in [0.4, 0.5) is 0 Å². The van der Waals surface area contributed by atoms with Crippen LogP contribution in [0.2, 0.25) is 0 Å². The predicted octanol–water partition coefficient (Wildman–Crippen LogP) is 2.43. The summed E-state index contributed by atoms with van der Waals surface area (Å²) >= 11 is 0. The second-order valence-electron chi connectivity index (χ2n) is 4.49. The van der Waals surface area contributed by atoms with Gasteiger partial charge in [0.1, 0.15) is 0 Å². The number of sulfone groups is 1. The SMILES string of the molecule is CC(C)Cc1cccc(CS(C)(=O)=O)c1. The van der Waals surface area contributed by atoms with Gasteiger partial charge in [0.05, 0.1) is 5.75 Å². The normalized spacial score (nSPS) is 12.0. The van der Waals surface area contributed by atoms with E-state index in [1.54, 1.807) is 0 Å². The fraction of sp³-hybridized carbons (Fsp3) is 0.500. The molecule has 0 heterocycles. The number of benzene rings is 1. The molecule has 1 aromatic rings. The minimum atomic E-state index is -2.92. The quantitative estimate of drug-likeness (QED) is 0.790. The molecule has 0 amide bonds. The first-order chi connectivity index (χ1) is 6.87. The zero-order valence-corrected chi connectivity index (χ0v) is 10.3. The van der Waals surface area contributed by atoms with E-state index in [0.717, 1.165) is 12.0 Å². The Balaban J connectivity index is 2.83. The molecule has 1 rings (SSSR count). The van der Waals surface area contributed by atoms with E-state index in [1.165, 1.54) is 11.8 Å². The fourth-order valence-corrected chi connectivity index (χ4v) is 2.41. The average Bonchev–Trinajstić information content (AvgIpc) is 1.99. The Kier molecular flexibility index (Phi) is 3.91. The Bertz CT molecular complexity index is 419. The standard InChI is InChI=1S/C12H18O2S/c1-10(2)7-11-5-4-6-12(8-11)9-15(3,13)14/h4-6,8,10H,7,9H2,1-3H3. The van der Waals surface area contributed by atoms with Crippen LogP contribution in [0.5, 0.6) is 0 Å². The first-order valence-corrected chi connectivity index (χ1v) is 7.18. The summed E-state index contributed by atoms with van der Waals surface area (Å²) in [4.78, 5) is 0. The summed E-state index contributed by atoms with van der Waals surface area (Å²) in [6.07, 6.45) is 2.26. The molecule has 0 spiro atoms. The number of hydrogen-bond donors (Lipinski definition) is 0. The molecule has 0 aliphatic carbocycles. The summed E-state index contributed by atoms with van der Waals surface area (Å²) in [7, 11) is -2.92. The lowest BCUT2D eigenvalue weighted by atomic mass is 10.0. The van der Waals surface area contributed by atoms with Gasteiger partial charge in [-0.15, -0.1) is 0 Å². The first-order valence-electron chi connectivity index (χ1n) is 5.12. The molecule has 0 saturated carbocycles. The van der Waals surface area contributed by atoms with Gasteiger partial charge in [0.25, 0.3) is 0 Å². The van der Waals surface area contributed by atoms with Crippen LogP contribution >= 0.6 is 0 Å². The minimum absolute atomic E-state index is 0.138. The zero-order chi connectivity index (χ0) is 11.5. The molecule has 0 unspecified atom stereocenters. The van der Waals surface area contributed by atoms with Crippen LogP contribution in [0.1, 0.15) is 25.0 Å². The largest absolute Gasteiger partial charge is 0.229 e. The van der Waals surface area contributed by atoms with Crippen molar-refractivity contribution in [1.29, 1.82) is 0 Å². The lowest BCUT2D eigenvalue weighted by molar-refractivity contribution is 0.601. The second kappa shape index (κ2) is 4.79. The molecule has 0 aliphatic heterocycles. The van der Waals surface area contributed by atoms with Crippen LogP contribution in [0.25, 0.3) is 0 Å². The van der Waals surface area contributed by atoms with Crippen molar-refractivity contribution >= 4 is 9.84 Å².